The Hall–Kier alpha value is -2.37. The lowest BCUT2D eigenvalue weighted by Gasteiger charge is -2.13. The van der Waals surface area contributed by atoms with Crippen molar-refractivity contribution in [3.8, 4) is 17.1 Å². The summed E-state index contributed by atoms with van der Waals surface area (Å²) in [5.74, 6) is 1.61. The molecule has 0 spiro atoms. The smallest absolute Gasteiger partial charge is 0.316 e. The van der Waals surface area contributed by atoms with Crippen LogP contribution < -0.4 is 10.1 Å². The maximum Gasteiger partial charge on any atom is 0.316 e. The van der Waals surface area contributed by atoms with E-state index in [1.165, 1.54) is 5.56 Å². The van der Waals surface area contributed by atoms with Crippen molar-refractivity contribution in [2.75, 3.05) is 19.8 Å². The first-order chi connectivity index (χ1) is 15.7. The molecule has 0 aliphatic rings. The van der Waals surface area contributed by atoms with Crippen molar-refractivity contribution in [1.29, 1.82) is 0 Å². The quantitative estimate of drug-likeness (QED) is 0.228. The van der Waals surface area contributed by atoms with E-state index < -0.39 is 8.25 Å². The van der Waals surface area contributed by atoms with Crippen LogP contribution in [0.2, 0.25) is 0 Å². The minimum atomic E-state index is -2.84. The number of rotatable bonds is 15. The average molecular weight is 458 g/mol. The molecule has 2 aromatic carbocycles. The Bertz CT molecular complexity index is 931. The highest BCUT2D eigenvalue weighted by Crippen LogP contribution is 2.31. The van der Waals surface area contributed by atoms with Gasteiger partial charge in [0, 0.05) is 6.54 Å². The van der Waals surface area contributed by atoms with E-state index >= 15 is 0 Å². The number of aryl methyl sites for hydroxylation is 1. The maximum absolute atomic E-state index is 10.5. The maximum atomic E-state index is 10.5. The summed E-state index contributed by atoms with van der Waals surface area (Å²) in [6.07, 6.45) is 6.74. The summed E-state index contributed by atoms with van der Waals surface area (Å²) in [6, 6.07) is 20.5. The van der Waals surface area contributed by atoms with E-state index in [1.807, 2.05) is 24.3 Å². The molecule has 1 aromatic heterocycles. The second kappa shape index (κ2) is 13.9. The van der Waals surface area contributed by atoms with E-state index in [0.29, 0.717) is 26.1 Å². The van der Waals surface area contributed by atoms with Gasteiger partial charge in [0.25, 0.3) is 0 Å². The van der Waals surface area contributed by atoms with Gasteiger partial charge < -0.3 is 23.9 Å². The second-order valence-electron chi connectivity index (χ2n) is 7.60. The van der Waals surface area contributed by atoms with Crippen molar-refractivity contribution in [2.45, 2.75) is 38.6 Å². The molecule has 0 bridgehead atoms. The zero-order valence-electron chi connectivity index (χ0n) is 18.3. The molecule has 0 aliphatic heterocycles. The van der Waals surface area contributed by atoms with Gasteiger partial charge in [-0.25, -0.2) is 0 Å². The summed E-state index contributed by atoms with van der Waals surface area (Å²) < 4.78 is 27.0. The van der Waals surface area contributed by atoms with Gasteiger partial charge in [-0.1, -0.05) is 36.4 Å². The first-order valence-corrected chi connectivity index (χ1v) is 12.4. The predicted octanol–water partition coefficient (Wildman–Crippen LogP) is 5.62. The minimum absolute atomic E-state index is 0.275. The predicted molar refractivity (Wildman–Crippen MR) is 127 cm³/mol. The number of furan rings is 1. The normalized spacial score (nSPS) is 12.0. The number of ether oxygens (including phenoxy) is 1. The summed E-state index contributed by atoms with van der Waals surface area (Å²) in [5, 5.41) is 3.32. The summed E-state index contributed by atoms with van der Waals surface area (Å²) in [7, 11) is -2.84. The number of hydrogen-bond acceptors (Lipinski definition) is 5. The second-order valence-corrected chi connectivity index (χ2v) is 8.42. The highest BCUT2D eigenvalue weighted by Gasteiger charge is 2.10. The molecule has 3 rings (SSSR count). The molecular formula is C25H32NO5P. The minimum Gasteiger partial charge on any atom is -0.493 e. The third kappa shape index (κ3) is 8.64. The lowest BCUT2D eigenvalue weighted by Crippen LogP contribution is -2.16. The van der Waals surface area contributed by atoms with Crippen LogP contribution in [0.4, 0.5) is 0 Å². The third-order valence-electron chi connectivity index (χ3n) is 5.09. The Morgan fingerprint density at radius 2 is 1.78 bits per heavy atom. The Kier molecular flexibility index (Phi) is 10.6. The molecule has 1 heterocycles. The average Bonchev–Trinajstić information content (AvgIpc) is 3.34. The number of nitrogens with one attached hydrogen (secondary N) is 1. The zero-order valence-corrected chi connectivity index (χ0v) is 19.3. The van der Waals surface area contributed by atoms with Crippen LogP contribution in [0.25, 0.3) is 11.3 Å². The third-order valence-corrected chi connectivity index (χ3v) is 5.54. The highest BCUT2D eigenvalue weighted by molar-refractivity contribution is 7.32. The van der Waals surface area contributed by atoms with Crippen LogP contribution in [0.1, 0.15) is 36.8 Å². The molecule has 1 unspecified atom stereocenters. The molecule has 3 aromatic rings. The molecule has 6 nitrogen and oxygen atoms in total. The summed E-state index contributed by atoms with van der Waals surface area (Å²) in [4.78, 5) is 8.67. The monoisotopic (exact) mass is 457 g/mol. The van der Waals surface area contributed by atoms with E-state index in [0.717, 1.165) is 48.3 Å². The van der Waals surface area contributed by atoms with E-state index in [2.05, 4.69) is 41.7 Å². The number of hydrogen-bond donors (Lipinski definition) is 2. The topological polar surface area (TPSA) is 80.9 Å². The summed E-state index contributed by atoms with van der Waals surface area (Å²) in [6.45, 7) is 2.33. The summed E-state index contributed by atoms with van der Waals surface area (Å²) >= 11 is 0. The standard InChI is InChI=1S/C25H32NO5P/c27-32(28)31-18-8-15-26-20-22-13-14-25(23(19-22)24-12-7-17-30-24)29-16-6-2-5-11-21-9-3-1-4-10-21/h1,3-4,7,9-10,12-14,17,19,26,32H,2,5-6,8,11,15-16,18,20H2,(H,27,28). The molecule has 7 heteroatoms. The van der Waals surface area contributed by atoms with E-state index in [4.69, 9.17) is 18.6 Å². The van der Waals surface area contributed by atoms with Crippen molar-refractivity contribution in [3.05, 3.63) is 78.1 Å². The van der Waals surface area contributed by atoms with Crippen LogP contribution in [0, 0.1) is 0 Å². The van der Waals surface area contributed by atoms with Gasteiger partial charge in [0.05, 0.1) is 25.0 Å². The van der Waals surface area contributed by atoms with Gasteiger partial charge in [0.1, 0.15) is 11.5 Å². The van der Waals surface area contributed by atoms with Crippen molar-refractivity contribution in [2.24, 2.45) is 0 Å². The summed E-state index contributed by atoms with van der Waals surface area (Å²) in [5.41, 5.74) is 3.44. The van der Waals surface area contributed by atoms with Gasteiger partial charge in [-0.2, -0.15) is 0 Å². The van der Waals surface area contributed by atoms with Gasteiger partial charge in [0.15, 0.2) is 0 Å². The largest absolute Gasteiger partial charge is 0.493 e. The SMILES string of the molecule is O=[PH](O)OCCCNCc1ccc(OCCCCCc2ccccc2)c(-c2ccco2)c1. The molecule has 32 heavy (non-hydrogen) atoms. The van der Waals surface area contributed by atoms with Crippen LogP contribution in [0.3, 0.4) is 0 Å². The molecule has 0 amide bonds. The van der Waals surface area contributed by atoms with Crippen LogP contribution in [0.15, 0.2) is 71.3 Å². The molecule has 0 saturated carbocycles. The number of benzene rings is 2. The number of unbranched alkanes of at least 4 members (excludes halogenated alkanes) is 2. The molecular weight excluding hydrogens is 425 g/mol. The van der Waals surface area contributed by atoms with Crippen LogP contribution in [0.5, 0.6) is 5.75 Å². The fourth-order valence-corrected chi connectivity index (χ4v) is 3.78. The van der Waals surface area contributed by atoms with Crippen LogP contribution >= 0.6 is 8.25 Å². The molecule has 172 valence electrons. The molecule has 0 fully saturated rings. The van der Waals surface area contributed by atoms with Crippen LogP contribution in [-0.2, 0) is 22.1 Å². The Balaban J connectivity index is 1.45. The van der Waals surface area contributed by atoms with Crippen molar-refractivity contribution in [1.82, 2.24) is 5.32 Å². The van der Waals surface area contributed by atoms with Crippen molar-refractivity contribution < 1.29 is 23.1 Å². The van der Waals surface area contributed by atoms with Crippen LogP contribution in [-0.4, -0.2) is 24.7 Å². The molecule has 0 aliphatic carbocycles. The van der Waals surface area contributed by atoms with E-state index in [-0.39, 0.29) is 6.61 Å². The van der Waals surface area contributed by atoms with Crippen molar-refractivity contribution in [3.63, 3.8) is 0 Å². The lowest BCUT2D eigenvalue weighted by atomic mass is 10.1. The lowest BCUT2D eigenvalue weighted by molar-refractivity contribution is 0.276. The molecule has 0 saturated heterocycles. The Morgan fingerprint density at radius 3 is 2.56 bits per heavy atom. The molecule has 0 radical (unpaired) electrons. The molecule has 2 N–H and O–H groups in total. The fraction of sp³-hybridized carbons (Fsp3) is 0.360. The molecule has 1 atom stereocenters. The van der Waals surface area contributed by atoms with E-state index in [1.54, 1.807) is 6.26 Å². The van der Waals surface area contributed by atoms with Gasteiger partial charge in [-0.3, -0.25) is 4.57 Å². The first-order valence-electron chi connectivity index (χ1n) is 11.1. The fourth-order valence-electron chi connectivity index (χ4n) is 3.46. The highest BCUT2D eigenvalue weighted by atomic mass is 31.1. The first kappa shape index (κ1) is 24.3. The van der Waals surface area contributed by atoms with Crippen molar-refractivity contribution >= 4 is 8.25 Å². The van der Waals surface area contributed by atoms with E-state index in [9.17, 15) is 4.57 Å². The van der Waals surface area contributed by atoms with Gasteiger partial charge in [-0.05, 0) is 74.0 Å². The zero-order chi connectivity index (χ0) is 22.4. The van der Waals surface area contributed by atoms with Gasteiger partial charge in [0.2, 0.25) is 0 Å². The Labute approximate surface area is 190 Å². The van der Waals surface area contributed by atoms with Gasteiger partial charge >= 0.3 is 8.25 Å². The van der Waals surface area contributed by atoms with Gasteiger partial charge in [-0.15, -0.1) is 0 Å². The Morgan fingerprint density at radius 1 is 0.906 bits per heavy atom.